The molecule has 2 amide bonds. The number of carbonyl (C=O) groups excluding carboxylic acids is 3. The van der Waals surface area contributed by atoms with Crippen LogP contribution in [0, 0.1) is 0 Å². The van der Waals surface area contributed by atoms with Gasteiger partial charge in [-0.2, -0.15) is 0 Å². The van der Waals surface area contributed by atoms with Gasteiger partial charge >= 0.3 is 5.97 Å². The van der Waals surface area contributed by atoms with Gasteiger partial charge in [0.2, 0.25) is 0 Å². The highest BCUT2D eigenvalue weighted by molar-refractivity contribution is 5.95. The lowest BCUT2D eigenvalue weighted by Crippen LogP contribution is -2.51. The van der Waals surface area contributed by atoms with Gasteiger partial charge in [0.05, 0.1) is 13.2 Å². The Labute approximate surface area is 192 Å². The molecule has 0 heterocycles. The molecule has 7 heteroatoms. The zero-order valence-corrected chi connectivity index (χ0v) is 18.2. The first-order valence-electron chi connectivity index (χ1n) is 10.5. The lowest BCUT2D eigenvalue weighted by atomic mass is 9.99. The van der Waals surface area contributed by atoms with Gasteiger partial charge < -0.3 is 20.5 Å². The first-order valence-corrected chi connectivity index (χ1v) is 10.5. The smallest absolute Gasteiger partial charge is 0.328 e. The van der Waals surface area contributed by atoms with Gasteiger partial charge in [-0.15, -0.1) is 0 Å². The summed E-state index contributed by atoms with van der Waals surface area (Å²) in [5.41, 5.74) is 1.75. The largest absolute Gasteiger partial charge is 0.467 e. The lowest BCUT2D eigenvalue weighted by Gasteiger charge is -2.26. The van der Waals surface area contributed by atoms with Gasteiger partial charge in [-0.25, -0.2) is 4.79 Å². The number of methoxy groups -OCH3 is 1. The molecule has 0 saturated carbocycles. The standard InChI is InChI=1S/C26H26N2O5/c1-33-26(32)21(17-18-11-5-2-6-12-18)27-25(31)23(29)22(19-13-7-3-8-14-19)28-24(30)20-15-9-4-10-16-20/h2-16,21-23,29H,17H2,1H3,(H,27,31)(H,28,30)/t21-,22+,23-/m1/s1. The number of esters is 1. The van der Waals surface area contributed by atoms with Crippen molar-refractivity contribution in [3.8, 4) is 0 Å². The summed E-state index contributed by atoms with van der Waals surface area (Å²) in [6.45, 7) is 0. The van der Waals surface area contributed by atoms with Crippen molar-refractivity contribution in [2.24, 2.45) is 0 Å². The van der Waals surface area contributed by atoms with Gasteiger partial charge in [0.1, 0.15) is 6.04 Å². The van der Waals surface area contributed by atoms with Crippen molar-refractivity contribution in [2.75, 3.05) is 7.11 Å². The summed E-state index contributed by atoms with van der Waals surface area (Å²) >= 11 is 0. The number of nitrogens with one attached hydrogen (secondary N) is 2. The van der Waals surface area contributed by atoms with E-state index in [4.69, 9.17) is 4.74 Å². The minimum absolute atomic E-state index is 0.193. The third-order valence-corrected chi connectivity index (χ3v) is 5.15. The molecule has 0 aliphatic rings. The number of amides is 2. The topological polar surface area (TPSA) is 105 Å². The van der Waals surface area contributed by atoms with E-state index in [1.54, 1.807) is 60.7 Å². The highest BCUT2D eigenvalue weighted by atomic mass is 16.5. The summed E-state index contributed by atoms with van der Waals surface area (Å²) in [6.07, 6.45) is -1.46. The van der Waals surface area contributed by atoms with E-state index in [1.807, 2.05) is 30.3 Å². The summed E-state index contributed by atoms with van der Waals surface area (Å²) < 4.78 is 4.83. The number of aliphatic hydroxyl groups is 1. The number of aliphatic hydroxyl groups excluding tert-OH is 1. The Balaban J connectivity index is 1.80. The molecule has 0 saturated heterocycles. The average molecular weight is 447 g/mol. The molecule has 3 aromatic carbocycles. The van der Waals surface area contributed by atoms with E-state index in [2.05, 4.69) is 10.6 Å². The van der Waals surface area contributed by atoms with E-state index < -0.39 is 36.0 Å². The molecule has 0 radical (unpaired) electrons. The fraction of sp³-hybridized carbons (Fsp3) is 0.192. The van der Waals surface area contributed by atoms with Crippen LogP contribution in [0.1, 0.15) is 27.5 Å². The molecular weight excluding hydrogens is 420 g/mol. The number of hydrogen-bond donors (Lipinski definition) is 3. The number of rotatable bonds is 9. The molecule has 7 nitrogen and oxygen atoms in total. The Kier molecular flexibility index (Phi) is 8.32. The fourth-order valence-corrected chi connectivity index (χ4v) is 3.41. The summed E-state index contributed by atoms with van der Waals surface area (Å²) in [6, 6.07) is 24.3. The maximum absolute atomic E-state index is 13.0. The van der Waals surface area contributed by atoms with Gasteiger partial charge in [0.25, 0.3) is 11.8 Å². The Morgan fingerprint density at radius 3 is 1.94 bits per heavy atom. The van der Waals surface area contributed by atoms with Crippen molar-refractivity contribution in [1.82, 2.24) is 10.6 Å². The van der Waals surface area contributed by atoms with Crippen LogP contribution >= 0.6 is 0 Å². The zero-order chi connectivity index (χ0) is 23.6. The fourth-order valence-electron chi connectivity index (χ4n) is 3.41. The molecule has 0 fully saturated rings. The van der Waals surface area contributed by atoms with E-state index in [-0.39, 0.29) is 6.42 Å². The van der Waals surface area contributed by atoms with Crippen LogP contribution in [0.2, 0.25) is 0 Å². The summed E-state index contributed by atoms with van der Waals surface area (Å²) in [5.74, 6) is -1.88. The predicted molar refractivity (Wildman–Crippen MR) is 123 cm³/mol. The zero-order valence-electron chi connectivity index (χ0n) is 18.2. The molecule has 3 aromatic rings. The van der Waals surface area contributed by atoms with Gasteiger partial charge in [-0.05, 0) is 23.3 Å². The van der Waals surface area contributed by atoms with Crippen LogP contribution in [-0.2, 0) is 20.7 Å². The van der Waals surface area contributed by atoms with Crippen molar-refractivity contribution in [1.29, 1.82) is 0 Å². The van der Waals surface area contributed by atoms with Gasteiger partial charge in [-0.3, -0.25) is 9.59 Å². The third-order valence-electron chi connectivity index (χ3n) is 5.15. The Bertz CT molecular complexity index is 1060. The maximum atomic E-state index is 13.0. The summed E-state index contributed by atoms with van der Waals surface area (Å²) in [7, 11) is 1.23. The van der Waals surface area contributed by atoms with Crippen LogP contribution in [0.4, 0.5) is 0 Å². The minimum atomic E-state index is -1.65. The van der Waals surface area contributed by atoms with Crippen molar-refractivity contribution in [3.05, 3.63) is 108 Å². The first kappa shape index (κ1) is 23.7. The van der Waals surface area contributed by atoms with Gasteiger partial charge in [0.15, 0.2) is 6.10 Å². The van der Waals surface area contributed by atoms with E-state index in [0.29, 0.717) is 11.1 Å². The molecule has 3 N–H and O–H groups in total. The lowest BCUT2D eigenvalue weighted by molar-refractivity contribution is -0.146. The van der Waals surface area contributed by atoms with Crippen molar-refractivity contribution in [3.63, 3.8) is 0 Å². The van der Waals surface area contributed by atoms with E-state index in [0.717, 1.165) is 5.56 Å². The normalized spacial score (nSPS) is 13.3. The van der Waals surface area contributed by atoms with Crippen molar-refractivity contribution >= 4 is 17.8 Å². The second-order valence-corrected chi connectivity index (χ2v) is 7.45. The molecule has 0 bridgehead atoms. The Morgan fingerprint density at radius 2 is 1.36 bits per heavy atom. The highest BCUT2D eigenvalue weighted by Crippen LogP contribution is 2.19. The van der Waals surface area contributed by atoms with Gasteiger partial charge in [0, 0.05) is 12.0 Å². The molecule has 0 aromatic heterocycles. The molecular formula is C26H26N2O5. The molecule has 0 spiro atoms. The summed E-state index contributed by atoms with van der Waals surface area (Å²) in [5, 5.41) is 16.2. The highest BCUT2D eigenvalue weighted by Gasteiger charge is 2.32. The molecule has 3 atom stereocenters. The van der Waals surface area contributed by atoms with Crippen molar-refractivity contribution in [2.45, 2.75) is 24.6 Å². The van der Waals surface area contributed by atoms with Crippen LogP contribution in [0.25, 0.3) is 0 Å². The molecule has 33 heavy (non-hydrogen) atoms. The first-order chi connectivity index (χ1) is 16.0. The van der Waals surface area contributed by atoms with E-state index in [1.165, 1.54) is 7.11 Å². The molecule has 0 unspecified atom stereocenters. The molecule has 170 valence electrons. The maximum Gasteiger partial charge on any atom is 0.328 e. The molecule has 3 rings (SSSR count). The van der Waals surface area contributed by atoms with Crippen LogP contribution in [0.5, 0.6) is 0 Å². The van der Waals surface area contributed by atoms with Crippen LogP contribution in [0.15, 0.2) is 91.0 Å². The predicted octanol–water partition coefficient (Wildman–Crippen LogP) is 2.42. The monoisotopic (exact) mass is 446 g/mol. The SMILES string of the molecule is COC(=O)[C@@H](Cc1ccccc1)NC(=O)[C@H](O)[C@@H](NC(=O)c1ccccc1)c1ccccc1. The number of benzene rings is 3. The third kappa shape index (κ3) is 6.51. The number of carbonyl (C=O) groups is 3. The van der Waals surface area contributed by atoms with Crippen molar-refractivity contribution < 1.29 is 24.2 Å². The second kappa shape index (κ2) is 11.6. The molecule has 0 aliphatic heterocycles. The average Bonchev–Trinajstić information content (AvgIpc) is 2.87. The van der Waals surface area contributed by atoms with E-state index in [9.17, 15) is 19.5 Å². The van der Waals surface area contributed by atoms with Gasteiger partial charge in [-0.1, -0.05) is 78.9 Å². The minimum Gasteiger partial charge on any atom is -0.467 e. The van der Waals surface area contributed by atoms with Crippen LogP contribution in [-0.4, -0.2) is 42.1 Å². The number of ether oxygens (including phenoxy) is 1. The van der Waals surface area contributed by atoms with Crippen LogP contribution in [0.3, 0.4) is 0 Å². The van der Waals surface area contributed by atoms with E-state index >= 15 is 0 Å². The quantitative estimate of drug-likeness (QED) is 0.438. The van der Waals surface area contributed by atoms with Crippen LogP contribution < -0.4 is 10.6 Å². The molecule has 0 aliphatic carbocycles. The second-order valence-electron chi connectivity index (χ2n) is 7.45. The Hall–Kier alpha value is -3.97. The summed E-state index contributed by atoms with van der Waals surface area (Å²) in [4.78, 5) is 38.0. The number of hydrogen-bond acceptors (Lipinski definition) is 5. The Morgan fingerprint density at radius 1 is 0.818 bits per heavy atom.